The maximum atomic E-state index is 13.3. The number of nitrogens with two attached hydrogens (primary N) is 1. The highest BCUT2D eigenvalue weighted by Gasteiger charge is 2.10. The van der Waals surface area contributed by atoms with Gasteiger partial charge in [-0.05, 0) is 18.2 Å². The molecule has 0 fully saturated rings. The first-order valence-electron chi connectivity index (χ1n) is 5.78. The quantitative estimate of drug-likeness (QED) is 0.842. The van der Waals surface area contributed by atoms with Crippen molar-refractivity contribution in [3.63, 3.8) is 0 Å². The van der Waals surface area contributed by atoms with Gasteiger partial charge in [0.25, 0.3) is 0 Å². The second-order valence-corrected chi connectivity index (χ2v) is 4.51. The fraction of sp³-hybridized carbons (Fsp3) is 0.143. The molecule has 0 heterocycles. The highest BCUT2D eigenvalue weighted by molar-refractivity contribution is 6.30. The Bertz CT molecular complexity index is 615. The van der Waals surface area contributed by atoms with Gasteiger partial charge >= 0.3 is 0 Å². The zero-order valence-corrected chi connectivity index (χ0v) is 11.8. The Labute approximate surface area is 121 Å². The minimum atomic E-state index is -0.431. The van der Waals surface area contributed by atoms with E-state index in [2.05, 4.69) is 5.32 Å². The van der Waals surface area contributed by atoms with Crippen LogP contribution in [0, 0.1) is 5.82 Å². The van der Waals surface area contributed by atoms with Crippen molar-refractivity contribution in [2.24, 2.45) is 0 Å². The molecule has 0 bridgehead atoms. The Balaban J connectivity index is 2.37. The summed E-state index contributed by atoms with van der Waals surface area (Å²) in [7, 11) is 3.05. The van der Waals surface area contributed by atoms with E-state index in [1.807, 2.05) is 0 Å². The predicted octanol–water partition coefficient (Wildman–Crippen LogP) is 3.82. The Hall–Kier alpha value is -2.14. The molecule has 3 N–H and O–H groups in total. The summed E-state index contributed by atoms with van der Waals surface area (Å²) < 4.78 is 23.6. The molecule has 2 aromatic rings. The summed E-state index contributed by atoms with van der Waals surface area (Å²) in [6.07, 6.45) is 0. The van der Waals surface area contributed by atoms with Crippen molar-refractivity contribution >= 4 is 28.7 Å². The number of methoxy groups -OCH3 is 2. The number of hydrogen-bond acceptors (Lipinski definition) is 4. The second-order valence-electron chi connectivity index (χ2n) is 4.08. The van der Waals surface area contributed by atoms with Gasteiger partial charge in [0.2, 0.25) is 0 Å². The number of nitrogens with one attached hydrogen (secondary N) is 1. The third kappa shape index (κ3) is 3.05. The van der Waals surface area contributed by atoms with Gasteiger partial charge in [-0.1, -0.05) is 11.6 Å². The van der Waals surface area contributed by atoms with Crippen LogP contribution in [0.3, 0.4) is 0 Å². The molecule has 0 atom stereocenters. The van der Waals surface area contributed by atoms with Gasteiger partial charge in [-0.2, -0.15) is 0 Å². The summed E-state index contributed by atoms with van der Waals surface area (Å²) in [5, 5.41) is 3.29. The Morgan fingerprint density at radius 2 is 1.70 bits per heavy atom. The van der Waals surface area contributed by atoms with Crippen molar-refractivity contribution in [2.75, 3.05) is 25.3 Å². The van der Waals surface area contributed by atoms with Crippen LogP contribution in [0.5, 0.6) is 11.5 Å². The molecule has 20 heavy (non-hydrogen) atoms. The summed E-state index contributed by atoms with van der Waals surface area (Å²) in [6, 6.07) is 7.45. The molecule has 0 amide bonds. The highest BCUT2D eigenvalue weighted by Crippen LogP contribution is 2.36. The fourth-order valence-electron chi connectivity index (χ4n) is 1.78. The van der Waals surface area contributed by atoms with Gasteiger partial charge < -0.3 is 20.5 Å². The number of hydrogen-bond donors (Lipinski definition) is 2. The lowest BCUT2D eigenvalue weighted by Gasteiger charge is -2.14. The monoisotopic (exact) mass is 296 g/mol. The average molecular weight is 297 g/mol. The van der Waals surface area contributed by atoms with Crippen molar-refractivity contribution in [3.05, 3.63) is 41.2 Å². The van der Waals surface area contributed by atoms with Crippen LogP contribution in [0.1, 0.15) is 0 Å². The smallest absolute Gasteiger partial charge is 0.162 e. The van der Waals surface area contributed by atoms with Gasteiger partial charge in [-0.15, -0.1) is 0 Å². The van der Waals surface area contributed by atoms with E-state index in [0.717, 1.165) is 0 Å². The third-order valence-electron chi connectivity index (χ3n) is 2.70. The Morgan fingerprint density at radius 3 is 2.30 bits per heavy atom. The molecule has 2 aromatic carbocycles. The average Bonchev–Trinajstić information content (AvgIpc) is 2.39. The molecule has 0 aromatic heterocycles. The summed E-state index contributed by atoms with van der Waals surface area (Å²) >= 11 is 5.81. The van der Waals surface area contributed by atoms with Crippen LogP contribution < -0.4 is 20.5 Å². The highest BCUT2D eigenvalue weighted by atomic mass is 35.5. The molecular weight excluding hydrogens is 283 g/mol. The van der Waals surface area contributed by atoms with E-state index in [0.29, 0.717) is 33.6 Å². The maximum Gasteiger partial charge on any atom is 0.162 e. The second kappa shape index (κ2) is 5.88. The third-order valence-corrected chi connectivity index (χ3v) is 2.92. The van der Waals surface area contributed by atoms with E-state index < -0.39 is 5.82 Å². The summed E-state index contributed by atoms with van der Waals surface area (Å²) in [6.45, 7) is 0. The van der Waals surface area contributed by atoms with E-state index in [-0.39, 0.29) is 0 Å². The zero-order chi connectivity index (χ0) is 14.7. The number of rotatable bonds is 4. The van der Waals surface area contributed by atoms with Gasteiger partial charge in [0.15, 0.2) is 11.5 Å². The van der Waals surface area contributed by atoms with Gasteiger partial charge in [0, 0.05) is 22.8 Å². The maximum absolute atomic E-state index is 13.3. The van der Waals surface area contributed by atoms with Crippen LogP contribution in [0.2, 0.25) is 5.02 Å². The first-order chi connectivity index (χ1) is 9.53. The minimum Gasteiger partial charge on any atom is -0.493 e. The van der Waals surface area contributed by atoms with Crippen LogP contribution in [-0.2, 0) is 0 Å². The largest absolute Gasteiger partial charge is 0.493 e. The van der Waals surface area contributed by atoms with Crippen LogP contribution >= 0.6 is 11.6 Å². The summed E-state index contributed by atoms with van der Waals surface area (Å²) in [5.41, 5.74) is 7.43. The lowest BCUT2D eigenvalue weighted by Crippen LogP contribution is -1.99. The standard InChI is InChI=1S/C14H14ClFN2O2/c1-19-13-6-11(17)12(7-14(13)20-2)18-10-4-8(15)3-9(16)5-10/h3-7,18H,17H2,1-2H3. The van der Waals surface area contributed by atoms with E-state index >= 15 is 0 Å². The number of benzene rings is 2. The van der Waals surface area contributed by atoms with Crippen molar-refractivity contribution in [1.82, 2.24) is 0 Å². The Kier molecular flexibility index (Phi) is 4.20. The molecule has 0 saturated carbocycles. The lowest BCUT2D eigenvalue weighted by atomic mass is 10.2. The molecule has 0 aliphatic heterocycles. The normalized spacial score (nSPS) is 10.2. The molecule has 4 nitrogen and oxygen atoms in total. The molecular formula is C14H14ClFN2O2. The van der Waals surface area contributed by atoms with E-state index in [4.69, 9.17) is 26.8 Å². The Morgan fingerprint density at radius 1 is 1.05 bits per heavy atom. The lowest BCUT2D eigenvalue weighted by molar-refractivity contribution is 0.355. The van der Waals surface area contributed by atoms with E-state index in [1.54, 1.807) is 18.2 Å². The van der Waals surface area contributed by atoms with Crippen LogP contribution in [-0.4, -0.2) is 14.2 Å². The zero-order valence-electron chi connectivity index (χ0n) is 11.0. The first-order valence-corrected chi connectivity index (χ1v) is 6.16. The molecule has 0 unspecified atom stereocenters. The number of nitrogen functional groups attached to an aromatic ring is 1. The van der Waals surface area contributed by atoms with Gasteiger partial charge in [-0.25, -0.2) is 4.39 Å². The molecule has 2 rings (SSSR count). The summed E-state index contributed by atoms with van der Waals surface area (Å²) in [4.78, 5) is 0. The van der Waals surface area contributed by atoms with Crippen molar-refractivity contribution in [1.29, 1.82) is 0 Å². The van der Waals surface area contributed by atoms with Gasteiger partial charge in [0.1, 0.15) is 5.82 Å². The van der Waals surface area contributed by atoms with Crippen LogP contribution in [0.25, 0.3) is 0 Å². The molecule has 0 aliphatic carbocycles. The molecule has 106 valence electrons. The molecule has 0 radical (unpaired) electrons. The minimum absolute atomic E-state index is 0.298. The van der Waals surface area contributed by atoms with Crippen LogP contribution in [0.4, 0.5) is 21.5 Å². The number of anilines is 3. The number of halogens is 2. The predicted molar refractivity (Wildman–Crippen MR) is 78.7 cm³/mol. The molecule has 0 aliphatic rings. The SMILES string of the molecule is COc1cc(N)c(Nc2cc(F)cc(Cl)c2)cc1OC. The molecule has 6 heteroatoms. The van der Waals surface area contributed by atoms with Crippen LogP contribution in [0.15, 0.2) is 30.3 Å². The van der Waals surface area contributed by atoms with Crippen molar-refractivity contribution < 1.29 is 13.9 Å². The van der Waals surface area contributed by atoms with Crippen molar-refractivity contribution in [2.45, 2.75) is 0 Å². The first kappa shape index (κ1) is 14.3. The molecule has 0 saturated heterocycles. The number of ether oxygens (including phenoxy) is 2. The van der Waals surface area contributed by atoms with Gasteiger partial charge in [-0.3, -0.25) is 0 Å². The van der Waals surface area contributed by atoms with E-state index in [9.17, 15) is 4.39 Å². The molecule has 0 spiro atoms. The van der Waals surface area contributed by atoms with Gasteiger partial charge in [0.05, 0.1) is 25.6 Å². The topological polar surface area (TPSA) is 56.5 Å². The fourth-order valence-corrected chi connectivity index (χ4v) is 2.01. The summed E-state index contributed by atoms with van der Waals surface area (Å²) in [5.74, 6) is 0.610. The van der Waals surface area contributed by atoms with Crippen molar-refractivity contribution in [3.8, 4) is 11.5 Å². The van der Waals surface area contributed by atoms with E-state index in [1.165, 1.54) is 26.4 Å².